The fourth-order valence-corrected chi connectivity index (χ4v) is 4.50. The highest BCUT2D eigenvalue weighted by Gasteiger charge is 2.34. The van der Waals surface area contributed by atoms with E-state index in [1.165, 1.54) is 17.3 Å². The molecule has 134 valence electrons. The van der Waals surface area contributed by atoms with E-state index in [-0.39, 0.29) is 10.8 Å². The summed E-state index contributed by atoms with van der Waals surface area (Å²) in [6.45, 7) is 7.51. The molecule has 0 aromatic carbocycles. The number of sulfone groups is 1. The van der Waals surface area contributed by atoms with Crippen LogP contribution in [-0.2, 0) is 14.6 Å². The molecule has 1 aromatic rings. The molecule has 1 aliphatic heterocycles. The number of aryl methyl sites for hydroxylation is 1. The second-order valence-corrected chi connectivity index (χ2v) is 9.00. The average Bonchev–Trinajstić information content (AvgIpc) is 2.45. The van der Waals surface area contributed by atoms with Gasteiger partial charge in [-0.3, -0.25) is 4.98 Å². The predicted octanol–water partition coefficient (Wildman–Crippen LogP) is 2.35. The van der Waals surface area contributed by atoms with Gasteiger partial charge in [-0.25, -0.2) is 18.2 Å². The fraction of sp³-hybridized carbons (Fsp3) is 0.688. The van der Waals surface area contributed by atoms with E-state index in [1.807, 2.05) is 0 Å². The highest BCUT2D eigenvalue weighted by molar-refractivity contribution is 7.91. The Hall–Kier alpha value is -1.70. The number of hydrogen-bond donors (Lipinski definition) is 0. The smallest absolute Gasteiger partial charge is 0.410 e. The van der Waals surface area contributed by atoms with Crippen molar-refractivity contribution in [3.05, 3.63) is 18.1 Å². The van der Waals surface area contributed by atoms with Crippen molar-refractivity contribution in [1.82, 2.24) is 14.9 Å². The molecule has 7 nitrogen and oxygen atoms in total. The number of carbonyl (C=O) groups excluding carboxylic acids is 1. The van der Waals surface area contributed by atoms with Crippen LogP contribution in [0.15, 0.2) is 17.4 Å². The monoisotopic (exact) mass is 355 g/mol. The molecule has 1 amide bonds. The first-order chi connectivity index (χ1) is 11.1. The number of likely N-dealkylation sites (tertiary alicyclic amines) is 1. The third-order valence-corrected chi connectivity index (χ3v) is 5.61. The Kier molecular flexibility index (Phi) is 5.47. The highest BCUT2D eigenvalue weighted by atomic mass is 32.2. The summed E-state index contributed by atoms with van der Waals surface area (Å²) >= 11 is 0. The fourth-order valence-electron chi connectivity index (χ4n) is 2.77. The van der Waals surface area contributed by atoms with Crippen LogP contribution in [0.3, 0.4) is 0 Å². The average molecular weight is 355 g/mol. The third kappa shape index (κ3) is 4.66. The molecule has 1 aliphatic rings. The molecule has 1 aromatic heterocycles. The van der Waals surface area contributed by atoms with E-state index in [0.29, 0.717) is 18.7 Å². The number of carbonyl (C=O) groups is 1. The zero-order chi connectivity index (χ0) is 18.0. The maximum Gasteiger partial charge on any atom is 0.410 e. The Morgan fingerprint density at radius 3 is 2.58 bits per heavy atom. The van der Waals surface area contributed by atoms with Gasteiger partial charge in [0.1, 0.15) is 5.60 Å². The molecule has 2 heterocycles. The van der Waals surface area contributed by atoms with Gasteiger partial charge in [0.25, 0.3) is 0 Å². The van der Waals surface area contributed by atoms with Crippen LogP contribution in [0.25, 0.3) is 0 Å². The van der Waals surface area contributed by atoms with Gasteiger partial charge >= 0.3 is 6.09 Å². The lowest BCUT2D eigenvalue weighted by Gasteiger charge is -2.36. The molecular weight excluding hydrogens is 330 g/mol. The Bertz CT molecular complexity index is 698. The number of hydrogen-bond acceptors (Lipinski definition) is 6. The molecule has 0 unspecified atom stereocenters. The van der Waals surface area contributed by atoms with Crippen molar-refractivity contribution in [2.45, 2.75) is 63.6 Å². The molecule has 0 saturated carbocycles. The number of ether oxygens (including phenoxy) is 1. The van der Waals surface area contributed by atoms with E-state index in [4.69, 9.17) is 4.74 Å². The van der Waals surface area contributed by atoms with Crippen molar-refractivity contribution in [3.8, 4) is 0 Å². The van der Waals surface area contributed by atoms with Crippen LogP contribution in [0.2, 0.25) is 0 Å². The topological polar surface area (TPSA) is 89.5 Å². The van der Waals surface area contributed by atoms with Crippen LogP contribution in [0.5, 0.6) is 0 Å². The maximum absolute atomic E-state index is 12.7. The Balaban J connectivity index is 2.19. The van der Waals surface area contributed by atoms with Crippen LogP contribution in [-0.4, -0.2) is 53.3 Å². The summed E-state index contributed by atoms with van der Waals surface area (Å²) in [5.41, 5.74) is -0.239. The van der Waals surface area contributed by atoms with Crippen molar-refractivity contribution < 1.29 is 17.9 Å². The normalized spacial score (nSPS) is 19.2. The number of nitrogens with zero attached hydrogens (tertiary/aromatic N) is 3. The van der Waals surface area contributed by atoms with E-state index >= 15 is 0 Å². The molecule has 0 N–H and O–H groups in total. The second kappa shape index (κ2) is 7.04. The molecule has 1 fully saturated rings. The largest absolute Gasteiger partial charge is 0.444 e. The minimum absolute atomic E-state index is 0.0142. The predicted molar refractivity (Wildman–Crippen MR) is 89.4 cm³/mol. The first-order valence-electron chi connectivity index (χ1n) is 8.10. The van der Waals surface area contributed by atoms with Gasteiger partial charge in [-0.15, -0.1) is 0 Å². The lowest BCUT2D eigenvalue weighted by atomic mass is 10.0. The van der Waals surface area contributed by atoms with Crippen molar-refractivity contribution in [3.63, 3.8) is 0 Å². The number of rotatable bonds is 3. The lowest BCUT2D eigenvalue weighted by molar-refractivity contribution is 0.0124. The van der Waals surface area contributed by atoms with E-state index < -0.39 is 27.6 Å². The van der Waals surface area contributed by atoms with Crippen molar-refractivity contribution >= 4 is 15.9 Å². The van der Waals surface area contributed by atoms with Gasteiger partial charge in [0.15, 0.2) is 14.9 Å². The standard InChI is InChI=1S/C16H25N3O4S/c1-12-14(18-9-8-17-12)24(21,22)11-13-7-5-6-10-19(13)15(20)23-16(2,3)4/h8-9,13H,5-7,10-11H2,1-4H3/t13-/m1/s1. The summed E-state index contributed by atoms with van der Waals surface area (Å²) in [4.78, 5) is 21.9. The second-order valence-electron chi connectivity index (χ2n) is 7.05. The molecule has 0 radical (unpaired) electrons. The molecule has 2 rings (SSSR count). The molecule has 0 spiro atoms. The van der Waals surface area contributed by atoms with E-state index in [1.54, 1.807) is 27.7 Å². The quantitative estimate of drug-likeness (QED) is 0.827. The van der Waals surface area contributed by atoms with E-state index in [0.717, 1.165) is 12.8 Å². The van der Waals surface area contributed by atoms with Gasteiger partial charge in [0.2, 0.25) is 0 Å². The minimum Gasteiger partial charge on any atom is -0.444 e. The third-order valence-electron chi connectivity index (χ3n) is 3.80. The molecule has 24 heavy (non-hydrogen) atoms. The van der Waals surface area contributed by atoms with Crippen LogP contribution in [0, 0.1) is 6.92 Å². The van der Waals surface area contributed by atoms with Crippen molar-refractivity contribution in [1.29, 1.82) is 0 Å². The van der Waals surface area contributed by atoms with E-state index in [9.17, 15) is 13.2 Å². The highest BCUT2D eigenvalue weighted by Crippen LogP contribution is 2.23. The van der Waals surface area contributed by atoms with Crippen LogP contribution < -0.4 is 0 Å². The zero-order valence-corrected chi connectivity index (χ0v) is 15.5. The van der Waals surface area contributed by atoms with E-state index in [2.05, 4.69) is 9.97 Å². The van der Waals surface area contributed by atoms with Gasteiger partial charge in [0, 0.05) is 25.0 Å². The zero-order valence-electron chi connectivity index (χ0n) is 14.7. The van der Waals surface area contributed by atoms with Gasteiger partial charge in [-0.05, 0) is 47.0 Å². The molecule has 1 atom stereocenters. The minimum atomic E-state index is -3.62. The van der Waals surface area contributed by atoms with Crippen molar-refractivity contribution in [2.75, 3.05) is 12.3 Å². The lowest BCUT2D eigenvalue weighted by Crippen LogP contribution is -2.49. The van der Waals surface area contributed by atoms with Crippen LogP contribution >= 0.6 is 0 Å². The summed E-state index contributed by atoms with van der Waals surface area (Å²) < 4.78 is 30.8. The first kappa shape index (κ1) is 18.6. The Morgan fingerprint density at radius 1 is 1.29 bits per heavy atom. The summed E-state index contributed by atoms with van der Waals surface area (Å²) in [5.74, 6) is -0.161. The SMILES string of the molecule is Cc1nccnc1S(=O)(=O)C[C@H]1CCCCN1C(=O)OC(C)(C)C. The first-order valence-corrected chi connectivity index (χ1v) is 9.75. The van der Waals surface area contributed by atoms with Crippen LogP contribution in [0.4, 0.5) is 4.79 Å². The maximum atomic E-state index is 12.7. The number of aromatic nitrogens is 2. The molecule has 0 bridgehead atoms. The molecule has 0 aliphatic carbocycles. The molecular formula is C16H25N3O4S. The number of amides is 1. The molecule has 1 saturated heterocycles. The summed E-state index contributed by atoms with van der Waals surface area (Å²) in [5, 5.41) is -0.0142. The van der Waals surface area contributed by atoms with Gasteiger partial charge in [-0.2, -0.15) is 0 Å². The van der Waals surface area contributed by atoms with Crippen molar-refractivity contribution in [2.24, 2.45) is 0 Å². The molecule has 8 heteroatoms. The summed E-state index contributed by atoms with van der Waals surface area (Å²) in [6, 6.07) is -0.403. The van der Waals surface area contributed by atoms with Gasteiger partial charge in [0.05, 0.1) is 11.4 Å². The Labute approximate surface area is 143 Å². The summed E-state index contributed by atoms with van der Waals surface area (Å²) in [6.07, 6.45) is 4.74. The Morgan fingerprint density at radius 2 is 1.96 bits per heavy atom. The van der Waals surface area contributed by atoms with Gasteiger partial charge < -0.3 is 9.64 Å². The van der Waals surface area contributed by atoms with Gasteiger partial charge in [-0.1, -0.05) is 0 Å². The number of piperidine rings is 1. The summed E-state index contributed by atoms with van der Waals surface area (Å²) in [7, 11) is -3.62. The van der Waals surface area contributed by atoms with Crippen LogP contribution in [0.1, 0.15) is 45.7 Å².